The highest BCUT2D eigenvalue weighted by Crippen LogP contribution is 2.28. The van der Waals surface area contributed by atoms with Gasteiger partial charge in [0.15, 0.2) is 17.2 Å². The third-order valence-electron chi connectivity index (χ3n) is 3.99. The van der Waals surface area contributed by atoms with Crippen molar-refractivity contribution in [3.05, 3.63) is 18.0 Å². The van der Waals surface area contributed by atoms with Crippen LogP contribution in [0, 0.1) is 11.8 Å². The summed E-state index contributed by atoms with van der Waals surface area (Å²) in [5.74, 6) is -1.38. The fourth-order valence-electron chi connectivity index (χ4n) is 2.01. The molecule has 1 heterocycles. The molecule has 0 aliphatic heterocycles. The molecule has 0 unspecified atom stereocenters. The molecule has 1 atom stereocenters. The highest BCUT2D eigenvalue weighted by molar-refractivity contribution is 6.06. The number of rotatable bonds is 8. The summed E-state index contributed by atoms with van der Waals surface area (Å²) in [5, 5.41) is 12.3. The highest BCUT2D eigenvalue weighted by Gasteiger charge is 2.23. The van der Waals surface area contributed by atoms with Gasteiger partial charge in [0.2, 0.25) is 5.91 Å². The van der Waals surface area contributed by atoms with E-state index in [1.807, 2.05) is 0 Å². The monoisotopic (exact) mass is 337 g/mol. The lowest BCUT2D eigenvalue weighted by atomic mass is 10.0. The number of ether oxygens (including phenoxy) is 1. The highest BCUT2D eigenvalue weighted by atomic mass is 16.5. The standard InChI is InChI=1S/C17H27N3O4/c1-5-11(6-2)9-24-12-7-8-19-14(15(12)21)17(23)20-16(22)13(18)10(3)4/h7-8,10-11,13,21H,5-6,9,18H2,1-4H3,(H,20,22,23)/t13-/m0/s1. The molecule has 134 valence electrons. The largest absolute Gasteiger partial charge is 0.503 e. The van der Waals surface area contributed by atoms with Gasteiger partial charge in [-0.3, -0.25) is 14.9 Å². The lowest BCUT2D eigenvalue weighted by Gasteiger charge is -2.16. The second-order valence-corrected chi connectivity index (χ2v) is 6.09. The van der Waals surface area contributed by atoms with Gasteiger partial charge in [0, 0.05) is 12.3 Å². The SMILES string of the molecule is CCC(CC)COc1ccnc(C(=O)NC(=O)[C@@H](N)C(C)C)c1O. The number of hydrogen-bond donors (Lipinski definition) is 3. The molecular formula is C17H27N3O4. The van der Waals surface area contributed by atoms with Gasteiger partial charge in [-0.25, -0.2) is 4.98 Å². The molecule has 1 rings (SSSR count). The first-order valence-electron chi connectivity index (χ1n) is 8.23. The molecule has 1 aromatic rings. The summed E-state index contributed by atoms with van der Waals surface area (Å²) in [5.41, 5.74) is 5.43. The minimum Gasteiger partial charge on any atom is -0.503 e. The molecule has 2 amide bonds. The van der Waals surface area contributed by atoms with Crippen molar-refractivity contribution in [2.75, 3.05) is 6.61 Å². The zero-order valence-electron chi connectivity index (χ0n) is 14.7. The average Bonchev–Trinajstić information content (AvgIpc) is 2.55. The van der Waals surface area contributed by atoms with E-state index in [0.717, 1.165) is 12.8 Å². The van der Waals surface area contributed by atoms with E-state index in [-0.39, 0.29) is 23.1 Å². The number of nitrogens with zero attached hydrogens (tertiary/aromatic N) is 1. The molecule has 0 aromatic carbocycles. The number of nitrogens with two attached hydrogens (primary N) is 1. The van der Waals surface area contributed by atoms with Crippen LogP contribution in [0.25, 0.3) is 0 Å². The summed E-state index contributed by atoms with van der Waals surface area (Å²) in [7, 11) is 0. The van der Waals surface area contributed by atoms with Crippen molar-refractivity contribution >= 4 is 11.8 Å². The van der Waals surface area contributed by atoms with Crippen LogP contribution in [0.1, 0.15) is 51.0 Å². The Bertz CT molecular complexity index is 571. The van der Waals surface area contributed by atoms with Crippen molar-refractivity contribution < 1.29 is 19.4 Å². The van der Waals surface area contributed by atoms with Crippen molar-refractivity contribution in [1.82, 2.24) is 10.3 Å². The number of nitrogens with one attached hydrogen (secondary N) is 1. The minimum absolute atomic E-state index is 0.117. The first kappa shape index (κ1) is 19.9. The van der Waals surface area contributed by atoms with Gasteiger partial charge >= 0.3 is 0 Å². The second kappa shape index (κ2) is 9.22. The Hall–Kier alpha value is -2.15. The van der Waals surface area contributed by atoms with Crippen LogP contribution < -0.4 is 15.8 Å². The number of carbonyl (C=O) groups excluding carboxylic acids is 2. The van der Waals surface area contributed by atoms with Gasteiger partial charge in [-0.15, -0.1) is 0 Å². The number of pyridine rings is 1. The van der Waals surface area contributed by atoms with E-state index in [4.69, 9.17) is 10.5 Å². The van der Waals surface area contributed by atoms with Crippen LogP contribution >= 0.6 is 0 Å². The maximum absolute atomic E-state index is 12.1. The number of aromatic hydroxyl groups is 1. The van der Waals surface area contributed by atoms with Gasteiger partial charge in [0.25, 0.3) is 5.91 Å². The molecule has 0 saturated carbocycles. The quantitative estimate of drug-likeness (QED) is 0.667. The first-order chi connectivity index (χ1) is 11.3. The van der Waals surface area contributed by atoms with Gasteiger partial charge in [0.1, 0.15) is 0 Å². The molecule has 0 saturated heterocycles. The van der Waals surface area contributed by atoms with Crippen LogP contribution in [0.5, 0.6) is 11.5 Å². The Balaban J connectivity index is 2.84. The molecule has 0 radical (unpaired) electrons. The van der Waals surface area contributed by atoms with Crippen LogP contribution in [0.2, 0.25) is 0 Å². The van der Waals surface area contributed by atoms with E-state index in [1.165, 1.54) is 12.3 Å². The molecule has 0 bridgehead atoms. The fraction of sp³-hybridized carbons (Fsp3) is 0.588. The Morgan fingerprint density at radius 2 is 1.96 bits per heavy atom. The molecular weight excluding hydrogens is 310 g/mol. The van der Waals surface area contributed by atoms with E-state index in [1.54, 1.807) is 13.8 Å². The maximum atomic E-state index is 12.1. The number of amides is 2. The molecule has 7 nitrogen and oxygen atoms in total. The van der Waals surface area contributed by atoms with Crippen molar-refractivity contribution in [1.29, 1.82) is 0 Å². The zero-order valence-corrected chi connectivity index (χ0v) is 14.7. The Labute approximate surface area is 142 Å². The number of aromatic nitrogens is 1. The summed E-state index contributed by atoms with van der Waals surface area (Å²) >= 11 is 0. The van der Waals surface area contributed by atoms with Gasteiger partial charge in [-0.05, 0) is 11.8 Å². The molecule has 0 aliphatic rings. The average molecular weight is 337 g/mol. The topological polar surface area (TPSA) is 115 Å². The molecule has 0 spiro atoms. The van der Waals surface area contributed by atoms with E-state index >= 15 is 0 Å². The Kier molecular flexibility index (Phi) is 7.64. The van der Waals surface area contributed by atoms with Crippen LogP contribution in [0.4, 0.5) is 0 Å². The molecule has 4 N–H and O–H groups in total. The summed E-state index contributed by atoms with van der Waals surface area (Å²) < 4.78 is 5.58. The van der Waals surface area contributed by atoms with E-state index in [9.17, 15) is 14.7 Å². The molecule has 0 aliphatic carbocycles. The summed E-state index contributed by atoms with van der Waals surface area (Å²) in [6.07, 6.45) is 3.26. The molecule has 1 aromatic heterocycles. The molecule has 24 heavy (non-hydrogen) atoms. The molecule has 0 fully saturated rings. The van der Waals surface area contributed by atoms with Gasteiger partial charge in [-0.1, -0.05) is 40.5 Å². The van der Waals surface area contributed by atoms with Crippen LogP contribution in [-0.2, 0) is 4.79 Å². The smallest absolute Gasteiger partial charge is 0.280 e. The van der Waals surface area contributed by atoms with Crippen molar-refractivity contribution in [3.63, 3.8) is 0 Å². The first-order valence-corrected chi connectivity index (χ1v) is 8.23. The minimum atomic E-state index is -0.814. The van der Waals surface area contributed by atoms with Crippen molar-refractivity contribution in [2.24, 2.45) is 17.6 Å². The zero-order chi connectivity index (χ0) is 18.3. The van der Waals surface area contributed by atoms with Gasteiger partial charge in [0.05, 0.1) is 12.6 Å². The summed E-state index contributed by atoms with van der Waals surface area (Å²) in [6, 6.07) is 0.668. The van der Waals surface area contributed by atoms with Gasteiger partial charge < -0.3 is 15.6 Å². The van der Waals surface area contributed by atoms with Crippen LogP contribution in [0.15, 0.2) is 12.3 Å². The maximum Gasteiger partial charge on any atom is 0.280 e. The predicted molar refractivity (Wildman–Crippen MR) is 90.8 cm³/mol. The Morgan fingerprint density at radius 1 is 1.33 bits per heavy atom. The normalized spacial score (nSPS) is 12.3. The summed E-state index contributed by atoms with van der Waals surface area (Å²) in [4.78, 5) is 27.8. The van der Waals surface area contributed by atoms with Crippen LogP contribution in [0.3, 0.4) is 0 Å². The molecule has 7 heteroatoms. The van der Waals surface area contributed by atoms with E-state index in [0.29, 0.717) is 12.5 Å². The van der Waals surface area contributed by atoms with Gasteiger partial charge in [-0.2, -0.15) is 0 Å². The predicted octanol–water partition coefficient (Wildman–Crippen LogP) is 1.84. The summed E-state index contributed by atoms with van der Waals surface area (Å²) in [6.45, 7) is 8.11. The lowest BCUT2D eigenvalue weighted by molar-refractivity contribution is -0.122. The van der Waals surface area contributed by atoms with E-state index < -0.39 is 17.9 Å². The Morgan fingerprint density at radius 3 is 2.50 bits per heavy atom. The second-order valence-electron chi connectivity index (χ2n) is 6.09. The lowest BCUT2D eigenvalue weighted by Crippen LogP contribution is -2.46. The number of imide groups is 1. The van der Waals surface area contributed by atoms with Crippen molar-refractivity contribution in [2.45, 2.75) is 46.6 Å². The van der Waals surface area contributed by atoms with Crippen LogP contribution in [-0.4, -0.2) is 34.6 Å². The number of carbonyl (C=O) groups is 2. The van der Waals surface area contributed by atoms with E-state index in [2.05, 4.69) is 24.1 Å². The number of hydrogen-bond acceptors (Lipinski definition) is 6. The third-order valence-corrected chi connectivity index (χ3v) is 3.99. The fourth-order valence-corrected chi connectivity index (χ4v) is 2.01. The third kappa shape index (κ3) is 5.19. The van der Waals surface area contributed by atoms with Crippen molar-refractivity contribution in [3.8, 4) is 11.5 Å².